The fraction of sp³-hybridized carbons (Fsp3) is 0.150. The number of nitrogens with zero attached hydrogens (tertiary/aromatic N) is 1. The molecule has 2 aromatic rings. The van der Waals surface area contributed by atoms with Crippen molar-refractivity contribution in [3.63, 3.8) is 0 Å². The van der Waals surface area contributed by atoms with Crippen molar-refractivity contribution in [3.05, 3.63) is 65.4 Å². The summed E-state index contributed by atoms with van der Waals surface area (Å²) in [6, 6.07) is 13.8. The highest BCUT2D eigenvalue weighted by Crippen LogP contribution is 2.23. The Morgan fingerprint density at radius 2 is 1.85 bits per heavy atom. The van der Waals surface area contributed by atoms with Gasteiger partial charge in [-0.2, -0.15) is 0 Å². The summed E-state index contributed by atoms with van der Waals surface area (Å²) in [5, 5.41) is 5.16. The topological polar surface area (TPSA) is 87.7 Å². The summed E-state index contributed by atoms with van der Waals surface area (Å²) >= 11 is 0. The van der Waals surface area contributed by atoms with Crippen molar-refractivity contribution in [3.8, 4) is 5.75 Å². The lowest BCUT2D eigenvalue weighted by molar-refractivity contribution is -0.127. The van der Waals surface area contributed by atoms with Crippen LogP contribution in [-0.2, 0) is 9.59 Å². The number of hydrogen-bond donors (Lipinski definition) is 2. The molecule has 0 saturated carbocycles. The number of amides is 4. The Labute approximate surface area is 156 Å². The quantitative estimate of drug-likeness (QED) is 0.630. The van der Waals surface area contributed by atoms with Gasteiger partial charge < -0.3 is 15.4 Å². The fourth-order valence-electron chi connectivity index (χ4n) is 2.70. The lowest BCUT2D eigenvalue weighted by Gasteiger charge is -2.13. The molecule has 0 bridgehead atoms. The zero-order valence-electron chi connectivity index (χ0n) is 15.0. The van der Waals surface area contributed by atoms with Crippen LogP contribution in [0.1, 0.15) is 11.1 Å². The first-order chi connectivity index (χ1) is 13.0. The van der Waals surface area contributed by atoms with Gasteiger partial charge in [0.15, 0.2) is 0 Å². The summed E-state index contributed by atoms with van der Waals surface area (Å²) in [5.41, 5.74) is 2.40. The van der Waals surface area contributed by atoms with E-state index in [0.29, 0.717) is 11.4 Å². The predicted molar refractivity (Wildman–Crippen MR) is 101 cm³/mol. The summed E-state index contributed by atoms with van der Waals surface area (Å²) < 4.78 is 5.17. The van der Waals surface area contributed by atoms with E-state index in [1.165, 1.54) is 7.11 Å². The van der Waals surface area contributed by atoms with E-state index in [-0.39, 0.29) is 5.70 Å². The molecule has 0 radical (unpaired) electrons. The third-order valence-electron chi connectivity index (χ3n) is 4.13. The molecule has 2 N–H and O–H groups in total. The van der Waals surface area contributed by atoms with Gasteiger partial charge in [-0.1, -0.05) is 36.4 Å². The Balaban J connectivity index is 1.72. The molecule has 0 spiro atoms. The highest BCUT2D eigenvalue weighted by molar-refractivity contribution is 6.16. The molecule has 3 rings (SSSR count). The van der Waals surface area contributed by atoms with Gasteiger partial charge in [0.05, 0.1) is 12.8 Å². The lowest BCUT2D eigenvalue weighted by atomic mass is 10.1. The van der Waals surface area contributed by atoms with Crippen molar-refractivity contribution in [1.29, 1.82) is 0 Å². The molecule has 7 heteroatoms. The minimum Gasteiger partial charge on any atom is -0.495 e. The average Bonchev–Trinajstić information content (AvgIpc) is 2.91. The van der Waals surface area contributed by atoms with Crippen molar-refractivity contribution >= 4 is 29.6 Å². The molecule has 138 valence electrons. The summed E-state index contributed by atoms with van der Waals surface area (Å²) in [7, 11) is 1.49. The van der Waals surface area contributed by atoms with Gasteiger partial charge in [-0.25, -0.2) is 9.69 Å². The number of imide groups is 1. The predicted octanol–water partition coefficient (Wildman–Crippen LogP) is 2.54. The number of rotatable bonds is 5. The van der Waals surface area contributed by atoms with Crippen LogP contribution in [0.4, 0.5) is 10.5 Å². The first-order valence-electron chi connectivity index (χ1n) is 8.32. The lowest BCUT2D eigenvalue weighted by Crippen LogP contribution is -2.38. The Kier molecular flexibility index (Phi) is 5.21. The molecule has 1 aliphatic rings. The van der Waals surface area contributed by atoms with Gasteiger partial charge in [-0.3, -0.25) is 9.59 Å². The Morgan fingerprint density at radius 3 is 2.59 bits per heavy atom. The summed E-state index contributed by atoms with van der Waals surface area (Å²) in [6.45, 7) is 1.51. The molecule has 1 heterocycles. The number of aryl methyl sites for hydroxylation is 1. The van der Waals surface area contributed by atoms with Gasteiger partial charge in [-0.15, -0.1) is 0 Å². The Bertz CT molecular complexity index is 936. The van der Waals surface area contributed by atoms with Crippen LogP contribution in [0.15, 0.2) is 54.2 Å². The van der Waals surface area contributed by atoms with Gasteiger partial charge in [-0.05, 0) is 36.3 Å². The fourth-order valence-corrected chi connectivity index (χ4v) is 2.70. The summed E-state index contributed by atoms with van der Waals surface area (Å²) in [6.07, 6.45) is 1.60. The number of carbonyl (C=O) groups is 3. The normalized spacial score (nSPS) is 15.0. The second-order valence-electron chi connectivity index (χ2n) is 5.98. The Morgan fingerprint density at radius 1 is 1.15 bits per heavy atom. The molecule has 27 heavy (non-hydrogen) atoms. The number of anilines is 1. The van der Waals surface area contributed by atoms with E-state index in [4.69, 9.17) is 4.74 Å². The monoisotopic (exact) mass is 365 g/mol. The van der Waals surface area contributed by atoms with Crippen molar-refractivity contribution in [2.75, 3.05) is 19.0 Å². The number of ether oxygens (including phenoxy) is 1. The molecule has 0 unspecified atom stereocenters. The molecule has 0 aliphatic carbocycles. The van der Waals surface area contributed by atoms with Gasteiger partial charge >= 0.3 is 6.03 Å². The molecular weight excluding hydrogens is 346 g/mol. The Hall–Kier alpha value is -3.61. The number of methoxy groups -OCH3 is 1. The molecule has 2 aromatic carbocycles. The molecule has 4 amide bonds. The minimum atomic E-state index is -0.630. The molecule has 1 saturated heterocycles. The SMILES string of the molecule is COc1ccccc1NC(=O)CN1C(=O)N/C(=C/c2ccccc2C)C1=O. The summed E-state index contributed by atoms with van der Waals surface area (Å²) in [4.78, 5) is 37.8. The third kappa shape index (κ3) is 3.98. The second kappa shape index (κ2) is 7.74. The highest BCUT2D eigenvalue weighted by atomic mass is 16.5. The number of benzene rings is 2. The van der Waals surface area contributed by atoms with Crippen molar-refractivity contribution in [1.82, 2.24) is 10.2 Å². The largest absolute Gasteiger partial charge is 0.495 e. The first kappa shape index (κ1) is 18.2. The van der Waals surface area contributed by atoms with Crippen molar-refractivity contribution in [2.45, 2.75) is 6.92 Å². The number of para-hydroxylation sites is 2. The minimum absolute atomic E-state index is 0.138. The van der Waals surface area contributed by atoms with Crippen LogP contribution in [-0.4, -0.2) is 36.4 Å². The van der Waals surface area contributed by atoms with Gasteiger partial charge in [0.25, 0.3) is 5.91 Å². The summed E-state index contributed by atoms with van der Waals surface area (Å²) in [5.74, 6) is -0.554. The van der Waals surface area contributed by atoms with Crippen LogP contribution in [0.2, 0.25) is 0 Å². The molecule has 7 nitrogen and oxygen atoms in total. The maximum Gasteiger partial charge on any atom is 0.329 e. The maximum absolute atomic E-state index is 12.5. The zero-order chi connectivity index (χ0) is 19.4. The molecule has 0 atom stereocenters. The third-order valence-corrected chi connectivity index (χ3v) is 4.13. The number of hydrogen-bond acceptors (Lipinski definition) is 4. The molecule has 1 fully saturated rings. The number of nitrogens with one attached hydrogen (secondary N) is 2. The van der Waals surface area contributed by atoms with Crippen LogP contribution in [0, 0.1) is 6.92 Å². The van der Waals surface area contributed by atoms with E-state index in [2.05, 4.69) is 10.6 Å². The number of urea groups is 1. The van der Waals surface area contributed by atoms with Crippen molar-refractivity contribution < 1.29 is 19.1 Å². The van der Waals surface area contributed by atoms with Gasteiger partial charge in [0, 0.05) is 0 Å². The van der Waals surface area contributed by atoms with Crippen LogP contribution in [0.3, 0.4) is 0 Å². The van der Waals surface area contributed by atoms with Gasteiger partial charge in [0.1, 0.15) is 18.0 Å². The van der Waals surface area contributed by atoms with Gasteiger partial charge in [0.2, 0.25) is 5.91 Å². The van der Waals surface area contributed by atoms with E-state index in [1.54, 1.807) is 30.3 Å². The zero-order valence-corrected chi connectivity index (χ0v) is 15.0. The smallest absolute Gasteiger partial charge is 0.329 e. The van der Waals surface area contributed by atoms with E-state index in [9.17, 15) is 14.4 Å². The molecule has 1 aliphatic heterocycles. The van der Waals surface area contributed by atoms with E-state index < -0.39 is 24.4 Å². The van der Waals surface area contributed by atoms with Crippen LogP contribution >= 0.6 is 0 Å². The van der Waals surface area contributed by atoms with Crippen LogP contribution in [0.25, 0.3) is 6.08 Å². The maximum atomic E-state index is 12.5. The van der Waals surface area contributed by atoms with E-state index in [1.807, 2.05) is 31.2 Å². The second-order valence-corrected chi connectivity index (χ2v) is 5.98. The van der Waals surface area contributed by atoms with Crippen LogP contribution < -0.4 is 15.4 Å². The average molecular weight is 365 g/mol. The number of carbonyl (C=O) groups excluding carboxylic acids is 3. The van der Waals surface area contributed by atoms with E-state index >= 15 is 0 Å². The first-order valence-corrected chi connectivity index (χ1v) is 8.32. The standard InChI is InChI=1S/C20H19N3O4/c1-13-7-3-4-8-14(13)11-16-19(25)23(20(26)22-16)12-18(24)21-15-9-5-6-10-17(15)27-2/h3-11H,12H2,1-2H3,(H,21,24)(H,22,26)/b16-11+. The van der Waals surface area contributed by atoms with E-state index in [0.717, 1.165) is 16.0 Å². The highest BCUT2D eigenvalue weighted by Gasteiger charge is 2.35. The van der Waals surface area contributed by atoms with Crippen LogP contribution in [0.5, 0.6) is 5.75 Å². The van der Waals surface area contributed by atoms with Crippen molar-refractivity contribution in [2.24, 2.45) is 0 Å². The molecule has 0 aromatic heterocycles. The molecular formula is C20H19N3O4.